The van der Waals surface area contributed by atoms with Gasteiger partial charge in [0.05, 0.1) is 18.7 Å². The maximum atomic E-state index is 11.7. The van der Waals surface area contributed by atoms with Gasteiger partial charge >= 0.3 is 6.09 Å². The Morgan fingerprint density at radius 1 is 1.08 bits per heavy atom. The predicted molar refractivity (Wildman–Crippen MR) is 100 cm³/mol. The smallest absolute Gasteiger partial charge is 0.411 e. The van der Waals surface area contributed by atoms with Crippen LogP contribution >= 0.6 is 0 Å². The minimum absolute atomic E-state index is 0.146. The van der Waals surface area contributed by atoms with Gasteiger partial charge in [-0.2, -0.15) is 0 Å². The molecular formula is C20H22N2O3. The Hall–Kier alpha value is -2.95. The van der Waals surface area contributed by atoms with Crippen molar-refractivity contribution in [1.82, 2.24) is 4.57 Å². The lowest BCUT2D eigenvalue weighted by molar-refractivity contribution is 0.130. The van der Waals surface area contributed by atoms with Crippen LogP contribution in [0.1, 0.15) is 13.8 Å². The first kappa shape index (κ1) is 16.9. The summed E-state index contributed by atoms with van der Waals surface area (Å²) in [4.78, 5) is 11.7. The number of aromatic nitrogens is 1. The number of carbonyl (C=O) groups excluding carboxylic acids is 1. The molecule has 1 heterocycles. The van der Waals surface area contributed by atoms with Crippen LogP contribution in [0.3, 0.4) is 0 Å². The summed E-state index contributed by atoms with van der Waals surface area (Å²) in [5.74, 6) is 0.837. The highest BCUT2D eigenvalue weighted by molar-refractivity contribution is 5.89. The molecule has 0 unspecified atom stereocenters. The molecule has 3 rings (SSSR count). The minimum Gasteiger partial charge on any atom is -0.497 e. The third-order valence-corrected chi connectivity index (χ3v) is 4.02. The molecule has 1 aromatic heterocycles. The van der Waals surface area contributed by atoms with Crippen molar-refractivity contribution in [3.63, 3.8) is 0 Å². The molecule has 2 aromatic carbocycles. The van der Waals surface area contributed by atoms with Gasteiger partial charge in [-0.25, -0.2) is 4.79 Å². The number of hydrogen-bond donors (Lipinski definition) is 1. The molecule has 0 atom stereocenters. The van der Waals surface area contributed by atoms with Gasteiger partial charge in [0.2, 0.25) is 0 Å². The van der Waals surface area contributed by atoms with Gasteiger partial charge in [0.15, 0.2) is 0 Å². The highest BCUT2D eigenvalue weighted by atomic mass is 16.6. The van der Waals surface area contributed by atoms with Gasteiger partial charge in [-0.15, -0.1) is 0 Å². The normalized spacial score (nSPS) is 10.9. The molecular weight excluding hydrogens is 316 g/mol. The van der Waals surface area contributed by atoms with Crippen molar-refractivity contribution >= 4 is 22.7 Å². The van der Waals surface area contributed by atoms with E-state index < -0.39 is 6.09 Å². The van der Waals surface area contributed by atoms with Crippen molar-refractivity contribution in [3.8, 4) is 17.0 Å². The molecule has 0 saturated carbocycles. The molecule has 5 heteroatoms. The van der Waals surface area contributed by atoms with E-state index in [-0.39, 0.29) is 6.10 Å². The average molecular weight is 338 g/mol. The van der Waals surface area contributed by atoms with E-state index in [9.17, 15) is 4.79 Å². The third-order valence-electron chi connectivity index (χ3n) is 4.02. The van der Waals surface area contributed by atoms with Gasteiger partial charge in [-0.1, -0.05) is 12.1 Å². The summed E-state index contributed by atoms with van der Waals surface area (Å²) in [6, 6.07) is 15.9. The topological polar surface area (TPSA) is 52.5 Å². The number of nitrogens with one attached hydrogen (secondary N) is 1. The van der Waals surface area contributed by atoms with Crippen LogP contribution in [0.4, 0.5) is 10.5 Å². The number of benzene rings is 2. The van der Waals surface area contributed by atoms with Crippen molar-refractivity contribution in [1.29, 1.82) is 0 Å². The first-order valence-corrected chi connectivity index (χ1v) is 8.19. The van der Waals surface area contributed by atoms with Crippen LogP contribution in [0.15, 0.2) is 48.5 Å². The van der Waals surface area contributed by atoms with E-state index in [0.29, 0.717) is 5.69 Å². The highest BCUT2D eigenvalue weighted by Gasteiger charge is 2.10. The monoisotopic (exact) mass is 338 g/mol. The SMILES string of the molecule is COc1ccc2cc(-c3ccc(NC(=O)OC(C)C)cc3)n(C)c2c1. The van der Waals surface area contributed by atoms with E-state index >= 15 is 0 Å². The van der Waals surface area contributed by atoms with Gasteiger partial charge in [-0.3, -0.25) is 5.32 Å². The molecule has 1 amide bonds. The van der Waals surface area contributed by atoms with Crippen LogP contribution in [0.2, 0.25) is 0 Å². The summed E-state index contributed by atoms with van der Waals surface area (Å²) >= 11 is 0. The van der Waals surface area contributed by atoms with Crippen LogP contribution < -0.4 is 10.1 Å². The zero-order chi connectivity index (χ0) is 18.0. The molecule has 0 aliphatic rings. The largest absolute Gasteiger partial charge is 0.497 e. The highest BCUT2D eigenvalue weighted by Crippen LogP contribution is 2.30. The van der Waals surface area contributed by atoms with Crippen LogP contribution in [-0.4, -0.2) is 23.9 Å². The quantitative estimate of drug-likeness (QED) is 0.742. The second-order valence-electron chi connectivity index (χ2n) is 6.17. The lowest BCUT2D eigenvalue weighted by atomic mass is 10.1. The number of fused-ring (bicyclic) bond motifs is 1. The van der Waals surface area contributed by atoms with Gasteiger partial charge in [0.1, 0.15) is 5.75 Å². The lowest BCUT2D eigenvalue weighted by Crippen LogP contribution is -2.17. The Bertz CT molecular complexity index is 895. The first-order valence-electron chi connectivity index (χ1n) is 8.19. The van der Waals surface area contributed by atoms with E-state index in [4.69, 9.17) is 9.47 Å². The molecule has 0 fully saturated rings. The number of anilines is 1. The second kappa shape index (κ2) is 6.89. The molecule has 0 spiro atoms. The Morgan fingerprint density at radius 3 is 2.44 bits per heavy atom. The molecule has 0 bridgehead atoms. The summed E-state index contributed by atoms with van der Waals surface area (Å²) in [7, 11) is 3.70. The van der Waals surface area contributed by atoms with Crippen molar-refractivity contribution in [3.05, 3.63) is 48.5 Å². The summed E-state index contributed by atoms with van der Waals surface area (Å²) in [5, 5.41) is 3.88. The molecule has 5 nitrogen and oxygen atoms in total. The van der Waals surface area contributed by atoms with Crippen molar-refractivity contribution in [2.24, 2.45) is 7.05 Å². The number of rotatable bonds is 4. The maximum absolute atomic E-state index is 11.7. The number of ether oxygens (including phenoxy) is 2. The Kier molecular flexibility index (Phi) is 4.65. The van der Waals surface area contributed by atoms with E-state index in [1.165, 1.54) is 0 Å². The minimum atomic E-state index is -0.445. The first-order chi connectivity index (χ1) is 12.0. The number of amides is 1. The van der Waals surface area contributed by atoms with E-state index in [0.717, 1.165) is 27.9 Å². The number of carbonyl (C=O) groups is 1. The second-order valence-corrected chi connectivity index (χ2v) is 6.17. The van der Waals surface area contributed by atoms with Crippen LogP contribution in [-0.2, 0) is 11.8 Å². The zero-order valence-electron chi connectivity index (χ0n) is 14.9. The fourth-order valence-corrected chi connectivity index (χ4v) is 2.80. The fourth-order valence-electron chi connectivity index (χ4n) is 2.80. The van der Waals surface area contributed by atoms with E-state index in [1.807, 2.05) is 57.3 Å². The summed E-state index contributed by atoms with van der Waals surface area (Å²) in [6.07, 6.45) is -0.591. The maximum Gasteiger partial charge on any atom is 0.411 e. The van der Waals surface area contributed by atoms with Crippen LogP contribution in [0.5, 0.6) is 5.75 Å². The molecule has 1 N–H and O–H groups in total. The Morgan fingerprint density at radius 2 is 1.80 bits per heavy atom. The summed E-state index contributed by atoms with van der Waals surface area (Å²) < 4.78 is 12.5. The molecule has 130 valence electrons. The average Bonchev–Trinajstić information content (AvgIpc) is 2.91. The van der Waals surface area contributed by atoms with E-state index in [2.05, 4.69) is 22.0 Å². The third kappa shape index (κ3) is 3.60. The lowest BCUT2D eigenvalue weighted by Gasteiger charge is -2.10. The number of aryl methyl sites for hydroxylation is 1. The van der Waals surface area contributed by atoms with Gasteiger partial charge in [-0.05, 0) is 49.7 Å². The fraction of sp³-hybridized carbons (Fsp3) is 0.250. The van der Waals surface area contributed by atoms with Crippen molar-refractivity contribution < 1.29 is 14.3 Å². The van der Waals surface area contributed by atoms with Gasteiger partial charge < -0.3 is 14.0 Å². The van der Waals surface area contributed by atoms with Crippen LogP contribution in [0, 0.1) is 0 Å². The molecule has 0 aliphatic heterocycles. The Balaban J connectivity index is 1.86. The zero-order valence-corrected chi connectivity index (χ0v) is 14.9. The molecule has 0 aliphatic carbocycles. The number of methoxy groups -OCH3 is 1. The number of nitrogens with zero attached hydrogens (tertiary/aromatic N) is 1. The van der Waals surface area contributed by atoms with E-state index in [1.54, 1.807) is 7.11 Å². The summed E-state index contributed by atoms with van der Waals surface area (Å²) in [5.41, 5.74) is 3.98. The Labute approximate surface area is 147 Å². The van der Waals surface area contributed by atoms with Gasteiger partial charge in [0.25, 0.3) is 0 Å². The van der Waals surface area contributed by atoms with Crippen molar-refractivity contribution in [2.75, 3.05) is 12.4 Å². The van der Waals surface area contributed by atoms with Crippen molar-refractivity contribution in [2.45, 2.75) is 20.0 Å². The molecule has 0 saturated heterocycles. The predicted octanol–water partition coefficient (Wildman–Crippen LogP) is 4.81. The molecule has 3 aromatic rings. The number of hydrogen-bond acceptors (Lipinski definition) is 3. The van der Waals surface area contributed by atoms with Gasteiger partial charge in [0, 0.05) is 29.9 Å². The standard InChI is InChI=1S/C20H22N2O3/c1-13(2)25-20(23)21-16-8-5-14(6-9-16)18-11-15-7-10-17(24-4)12-19(15)22(18)3/h5-13H,1-4H3,(H,21,23). The molecule has 0 radical (unpaired) electrons. The van der Waals surface area contributed by atoms with Crippen LogP contribution in [0.25, 0.3) is 22.2 Å². The summed E-state index contributed by atoms with van der Waals surface area (Å²) in [6.45, 7) is 3.63. The molecule has 25 heavy (non-hydrogen) atoms.